The first-order chi connectivity index (χ1) is 12.9. The highest BCUT2D eigenvalue weighted by atomic mass is 19.1. The third kappa shape index (κ3) is 4.40. The van der Waals surface area contributed by atoms with Crippen LogP contribution in [-0.4, -0.2) is 18.7 Å². The second-order valence-electron chi connectivity index (χ2n) is 7.04. The van der Waals surface area contributed by atoms with Crippen LogP contribution in [0.4, 0.5) is 4.39 Å². The Kier molecular flexibility index (Phi) is 5.36. The van der Waals surface area contributed by atoms with Crippen molar-refractivity contribution in [3.05, 3.63) is 59.9 Å². The van der Waals surface area contributed by atoms with Gasteiger partial charge in [0.25, 0.3) is 0 Å². The van der Waals surface area contributed by atoms with Gasteiger partial charge in [-0.3, -0.25) is 4.79 Å². The summed E-state index contributed by atoms with van der Waals surface area (Å²) in [4.78, 5) is 12.5. The lowest BCUT2D eigenvalue weighted by Crippen LogP contribution is -2.12. The summed E-state index contributed by atoms with van der Waals surface area (Å²) >= 11 is 0. The predicted octanol–water partition coefficient (Wildman–Crippen LogP) is 3.98. The first kappa shape index (κ1) is 18.8. The molecule has 0 radical (unpaired) electrons. The van der Waals surface area contributed by atoms with E-state index < -0.39 is 0 Å². The highest BCUT2D eigenvalue weighted by molar-refractivity contribution is 5.78. The number of ether oxygens (including phenoxy) is 3. The predicted molar refractivity (Wildman–Crippen MR) is 98.7 cm³/mol. The van der Waals surface area contributed by atoms with Crippen LogP contribution < -0.4 is 9.47 Å². The second-order valence-corrected chi connectivity index (χ2v) is 7.04. The molecule has 2 aromatic carbocycles. The molecule has 140 valence electrons. The molecular formula is C22H21FO4. The zero-order valence-corrected chi connectivity index (χ0v) is 15.3. The van der Waals surface area contributed by atoms with Crippen LogP contribution in [0.1, 0.15) is 19.4 Å². The van der Waals surface area contributed by atoms with E-state index in [1.54, 1.807) is 24.3 Å². The largest absolute Gasteiger partial charge is 0.489 e. The number of esters is 1. The quantitative estimate of drug-likeness (QED) is 0.548. The molecule has 0 aliphatic heterocycles. The fourth-order valence-electron chi connectivity index (χ4n) is 2.99. The van der Waals surface area contributed by atoms with Crippen LogP contribution in [0, 0.1) is 29.5 Å². The van der Waals surface area contributed by atoms with Gasteiger partial charge in [0.15, 0.2) is 0 Å². The van der Waals surface area contributed by atoms with Crippen molar-refractivity contribution in [2.45, 2.75) is 26.6 Å². The average Bonchev–Trinajstić information content (AvgIpc) is 3.20. The third-order valence-electron chi connectivity index (χ3n) is 4.66. The Morgan fingerprint density at radius 1 is 1.19 bits per heavy atom. The number of terminal acetylenes is 1. The molecule has 2 aromatic rings. The van der Waals surface area contributed by atoms with Gasteiger partial charge in [-0.05, 0) is 42.0 Å². The summed E-state index contributed by atoms with van der Waals surface area (Å²) in [5, 5.41) is 0. The van der Waals surface area contributed by atoms with E-state index in [0.717, 1.165) is 5.56 Å². The van der Waals surface area contributed by atoms with E-state index in [2.05, 4.69) is 5.92 Å². The third-order valence-corrected chi connectivity index (χ3v) is 4.66. The van der Waals surface area contributed by atoms with E-state index in [4.69, 9.17) is 20.6 Å². The molecule has 2 atom stereocenters. The van der Waals surface area contributed by atoms with Gasteiger partial charge >= 0.3 is 5.97 Å². The topological polar surface area (TPSA) is 44.8 Å². The van der Waals surface area contributed by atoms with Crippen LogP contribution in [0.25, 0.3) is 0 Å². The van der Waals surface area contributed by atoms with Crippen LogP contribution >= 0.6 is 0 Å². The summed E-state index contributed by atoms with van der Waals surface area (Å²) in [6, 6.07) is 13.0. The Hall–Kier alpha value is -3.00. The number of halogens is 1. The molecule has 1 aliphatic rings. The van der Waals surface area contributed by atoms with E-state index in [0.29, 0.717) is 11.5 Å². The Bertz CT molecular complexity index is 851. The molecule has 0 N–H and O–H groups in total. The SMILES string of the molecule is C#CCOc1cccc(COC(=O)C2C(Oc3ccc(F)cc3)C2(C)C)c1. The second kappa shape index (κ2) is 7.71. The van der Waals surface area contributed by atoms with Gasteiger partial charge < -0.3 is 14.2 Å². The van der Waals surface area contributed by atoms with Gasteiger partial charge in [-0.15, -0.1) is 6.42 Å². The van der Waals surface area contributed by atoms with E-state index in [9.17, 15) is 9.18 Å². The molecule has 0 saturated heterocycles. The monoisotopic (exact) mass is 368 g/mol. The summed E-state index contributed by atoms with van der Waals surface area (Å²) in [5.41, 5.74) is 0.468. The molecule has 2 unspecified atom stereocenters. The van der Waals surface area contributed by atoms with Gasteiger partial charge in [0.05, 0.1) is 0 Å². The minimum absolute atomic E-state index is 0.141. The van der Waals surface area contributed by atoms with Crippen molar-refractivity contribution < 1.29 is 23.4 Å². The van der Waals surface area contributed by atoms with Crippen molar-refractivity contribution in [3.8, 4) is 23.8 Å². The number of carbonyl (C=O) groups excluding carboxylic acids is 1. The molecule has 27 heavy (non-hydrogen) atoms. The van der Waals surface area contributed by atoms with Gasteiger partial charge in [0.1, 0.15) is 42.6 Å². The molecule has 0 heterocycles. The minimum Gasteiger partial charge on any atom is -0.489 e. The Labute approximate surface area is 158 Å². The van der Waals surface area contributed by atoms with Crippen molar-refractivity contribution in [1.82, 2.24) is 0 Å². The zero-order valence-electron chi connectivity index (χ0n) is 15.3. The number of rotatable bonds is 7. The Balaban J connectivity index is 1.56. The van der Waals surface area contributed by atoms with E-state index in [1.807, 2.05) is 26.0 Å². The van der Waals surface area contributed by atoms with Crippen molar-refractivity contribution in [1.29, 1.82) is 0 Å². The van der Waals surface area contributed by atoms with Crippen LogP contribution in [0.2, 0.25) is 0 Å². The van der Waals surface area contributed by atoms with E-state index in [1.165, 1.54) is 12.1 Å². The van der Waals surface area contributed by atoms with Gasteiger partial charge in [0.2, 0.25) is 0 Å². The van der Waals surface area contributed by atoms with Crippen molar-refractivity contribution in [2.75, 3.05) is 6.61 Å². The van der Waals surface area contributed by atoms with Gasteiger partial charge in [-0.1, -0.05) is 31.9 Å². The molecule has 4 nitrogen and oxygen atoms in total. The summed E-state index contributed by atoms with van der Waals surface area (Å²) in [6.07, 6.45) is 4.87. The molecule has 0 spiro atoms. The van der Waals surface area contributed by atoms with Crippen molar-refractivity contribution in [2.24, 2.45) is 11.3 Å². The first-order valence-corrected chi connectivity index (χ1v) is 8.66. The molecule has 1 saturated carbocycles. The maximum Gasteiger partial charge on any atom is 0.313 e. The van der Waals surface area contributed by atoms with Crippen molar-refractivity contribution >= 4 is 5.97 Å². The smallest absolute Gasteiger partial charge is 0.313 e. The van der Waals surface area contributed by atoms with Gasteiger partial charge in [0, 0.05) is 5.41 Å². The van der Waals surface area contributed by atoms with Crippen LogP contribution in [0.15, 0.2) is 48.5 Å². The lowest BCUT2D eigenvalue weighted by Gasteiger charge is -2.08. The zero-order chi connectivity index (χ0) is 19.4. The Morgan fingerprint density at radius 3 is 2.63 bits per heavy atom. The number of hydrogen-bond donors (Lipinski definition) is 0. The number of benzene rings is 2. The first-order valence-electron chi connectivity index (χ1n) is 8.66. The van der Waals surface area contributed by atoms with Crippen LogP contribution in [0.3, 0.4) is 0 Å². The van der Waals surface area contributed by atoms with E-state index in [-0.39, 0.29) is 42.4 Å². The normalized spacial score (nSPS) is 19.6. The lowest BCUT2D eigenvalue weighted by molar-refractivity contribution is -0.147. The molecular weight excluding hydrogens is 347 g/mol. The highest BCUT2D eigenvalue weighted by Crippen LogP contribution is 2.54. The minimum atomic E-state index is -0.372. The van der Waals surface area contributed by atoms with Crippen LogP contribution in [-0.2, 0) is 16.1 Å². The van der Waals surface area contributed by atoms with Crippen molar-refractivity contribution in [3.63, 3.8) is 0 Å². The van der Waals surface area contributed by atoms with Crippen LogP contribution in [0.5, 0.6) is 11.5 Å². The fraction of sp³-hybridized carbons (Fsp3) is 0.318. The lowest BCUT2D eigenvalue weighted by atomic mass is 10.1. The number of carbonyl (C=O) groups is 1. The maximum absolute atomic E-state index is 13.0. The molecule has 0 amide bonds. The van der Waals surface area contributed by atoms with Gasteiger partial charge in [-0.2, -0.15) is 0 Å². The summed E-state index contributed by atoms with van der Waals surface area (Å²) in [5.74, 6) is 2.54. The molecule has 3 rings (SSSR count). The summed E-state index contributed by atoms with van der Waals surface area (Å²) < 4.78 is 29.7. The average molecular weight is 368 g/mol. The fourth-order valence-corrected chi connectivity index (χ4v) is 2.99. The number of hydrogen-bond acceptors (Lipinski definition) is 4. The maximum atomic E-state index is 13.0. The molecule has 0 bridgehead atoms. The van der Waals surface area contributed by atoms with Gasteiger partial charge in [-0.25, -0.2) is 4.39 Å². The Morgan fingerprint density at radius 2 is 1.93 bits per heavy atom. The summed E-state index contributed by atoms with van der Waals surface area (Å²) in [6.45, 7) is 4.21. The molecule has 1 fully saturated rings. The molecule has 1 aliphatic carbocycles. The molecule has 5 heteroatoms. The highest BCUT2D eigenvalue weighted by Gasteiger charge is 2.65. The standard InChI is InChI=1S/C22H21FO4/c1-4-12-25-18-7-5-6-15(13-18)14-26-21(24)19-20(22(19,2)3)27-17-10-8-16(23)9-11-17/h1,5-11,13,19-20H,12,14H2,2-3H3. The van der Waals surface area contributed by atoms with E-state index >= 15 is 0 Å². The summed E-state index contributed by atoms with van der Waals surface area (Å²) in [7, 11) is 0. The molecule has 0 aromatic heterocycles.